The summed E-state index contributed by atoms with van der Waals surface area (Å²) >= 11 is 6.51. The number of amides is 1. The van der Waals surface area contributed by atoms with Crippen molar-refractivity contribution >= 4 is 46.3 Å². The highest BCUT2D eigenvalue weighted by molar-refractivity contribution is 8.26. The summed E-state index contributed by atoms with van der Waals surface area (Å²) in [4.78, 5) is 25.1. The molecule has 6 heteroatoms. The second-order valence-corrected chi connectivity index (χ2v) is 7.35. The summed E-state index contributed by atoms with van der Waals surface area (Å²) in [6.07, 6.45) is 5.71. The molecule has 0 unspecified atom stereocenters. The average Bonchev–Trinajstić information content (AvgIpc) is 2.81. The number of carboxylic acid groups (broad SMARTS) is 1. The summed E-state index contributed by atoms with van der Waals surface area (Å²) in [6, 6.07) is 8.22. The number of aliphatic carboxylic acids is 1. The fraction of sp³-hybridized carbons (Fsp3) is 0.389. The molecule has 1 aliphatic rings. The van der Waals surface area contributed by atoms with Gasteiger partial charge in [-0.3, -0.25) is 14.5 Å². The second kappa shape index (κ2) is 8.99. The number of hydrogen-bond acceptors (Lipinski definition) is 4. The molecule has 1 amide bonds. The minimum absolute atomic E-state index is 0.0370. The molecule has 128 valence electrons. The van der Waals surface area contributed by atoms with Gasteiger partial charge in [-0.15, -0.1) is 0 Å². The van der Waals surface area contributed by atoms with Crippen LogP contribution in [0.1, 0.15) is 43.7 Å². The van der Waals surface area contributed by atoms with Gasteiger partial charge in [0.15, 0.2) is 0 Å². The Kier molecular flexibility index (Phi) is 6.99. The van der Waals surface area contributed by atoms with E-state index in [4.69, 9.17) is 17.3 Å². The number of carbonyl (C=O) groups excluding carboxylic acids is 1. The van der Waals surface area contributed by atoms with E-state index < -0.39 is 5.97 Å². The number of unbranched alkanes of at least 4 members (excludes halogenated alkanes) is 1. The number of hydrogen-bond donors (Lipinski definition) is 1. The maximum Gasteiger partial charge on any atom is 0.303 e. The van der Waals surface area contributed by atoms with Gasteiger partial charge in [0.05, 0.1) is 4.91 Å². The maximum atomic E-state index is 12.4. The molecule has 1 aliphatic heterocycles. The van der Waals surface area contributed by atoms with Crippen LogP contribution in [-0.4, -0.2) is 32.7 Å². The molecule has 1 saturated heterocycles. The Balaban J connectivity index is 2.01. The zero-order valence-electron chi connectivity index (χ0n) is 13.7. The molecule has 1 aromatic carbocycles. The summed E-state index contributed by atoms with van der Waals surface area (Å²) < 4.78 is 0.496. The molecule has 0 radical (unpaired) electrons. The number of thioether (sulfide) groups is 1. The number of carbonyl (C=O) groups is 2. The molecule has 0 aromatic heterocycles. The van der Waals surface area contributed by atoms with Crippen molar-refractivity contribution < 1.29 is 14.7 Å². The van der Waals surface area contributed by atoms with Crippen molar-refractivity contribution in [2.24, 2.45) is 0 Å². The largest absolute Gasteiger partial charge is 0.481 e. The molecule has 0 aliphatic carbocycles. The molecular formula is C18H21NO3S2. The van der Waals surface area contributed by atoms with Crippen molar-refractivity contribution in [2.75, 3.05) is 6.54 Å². The van der Waals surface area contributed by atoms with E-state index in [1.807, 2.05) is 18.2 Å². The number of nitrogens with zero attached hydrogens (tertiary/aromatic N) is 1. The number of thiocarbonyl (C=S) groups is 1. The SMILES string of the molecule is CCCCc1ccc(C=C2SC(=S)N(CCCC(=O)O)C2=O)cc1. The van der Waals surface area contributed by atoms with E-state index in [1.54, 1.807) is 0 Å². The zero-order valence-corrected chi connectivity index (χ0v) is 15.3. The fourth-order valence-corrected chi connectivity index (χ4v) is 3.70. The first-order valence-corrected chi connectivity index (χ1v) is 9.30. The number of carboxylic acids is 1. The van der Waals surface area contributed by atoms with Crippen LogP contribution >= 0.6 is 24.0 Å². The summed E-state index contributed by atoms with van der Waals surface area (Å²) in [7, 11) is 0. The Morgan fingerprint density at radius 3 is 2.62 bits per heavy atom. The highest BCUT2D eigenvalue weighted by atomic mass is 32.2. The van der Waals surface area contributed by atoms with Crippen LogP contribution in [0.25, 0.3) is 6.08 Å². The van der Waals surface area contributed by atoms with Crippen LogP contribution in [0.3, 0.4) is 0 Å². The third kappa shape index (κ3) is 5.18. The Morgan fingerprint density at radius 2 is 2.00 bits per heavy atom. The van der Waals surface area contributed by atoms with Crippen LogP contribution in [0, 0.1) is 0 Å². The van der Waals surface area contributed by atoms with Gasteiger partial charge in [0.2, 0.25) is 0 Å². The summed E-state index contributed by atoms with van der Waals surface area (Å²) in [5, 5.41) is 8.69. The smallest absolute Gasteiger partial charge is 0.303 e. The van der Waals surface area contributed by atoms with Crippen molar-refractivity contribution in [2.45, 2.75) is 39.0 Å². The van der Waals surface area contributed by atoms with Gasteiger partial charge < -0.3 is 5.11 Å². The van der Waals surface area contributed by atoms with Crippen LogP contribution in [0.15, 0.2) is 29.2 Å². The van der Waals surface area contributed by atoms with Crippen molar-refractivity contribution in [3.8, 4) is 0 Å². The van der Waals surface area contributed by atoms with E-state index in [9.17, 15) is 9.59 Å². The quantitative estimate of drug-likeness (QED) is 0.557. The van der Waals surface area contributed by atoms with Gasteiger partial charge in [0.25, 0.3) is 5.91 Å². The summed E-state index contributed by atoms with van der Waals surface area (Å²) in [6.45, 7) is 2.52. The maximum absolute atomic E-state index is 12.4. The van der Waals surface area contributed by atoms with Crippen LogP contribution in [0.5, 0.6) is 0 Å². The van der Waals surface area contributed by atoms with Crippen LogP contribution in [-0.2, 0) is 16.0 Å². The lowest BCUT2D eigenvalue weighted by Gasteiger charge is -2.13. The normalized spacial score (nSPS) is 16.2. The van der Waals surface area contributed by atoms with Gasteiger partial charge >= 0.3 is 5.97 Å². The number of benzene rings is 1. The Labute approximate surface area is 151 Å². The molecule has 2 rings (SSSR count). The van der Waals surface area contributed by atoms with Gasteiger partial charge in [-0.25, -0.2) is 0 Å². The van der Waals surface area contributed by atoms with Crippen LogP contribution in [0.2, 0.25) is 0 Å². The summed E-state index contributed by atoms with van der Waals surface area (Å²) in [5.41, 5.74) is 2.27. The van der Waals surface area contributed by atoms with E-state index in [2.05, 4.69) is 19.1 Å². The highest BCUT2D eigenvalue weighted by Gasteiger charge is 2.31. The fourth-order valence-electron chi connectivity index (χ4n) is 2.39. The van der Waals surface area contributed by atoms with E-state index in [-0.39, 0.29) is 12.3 Å². The topological polar surface area (TPSA) is 57.6 Å². The van der Waals surface area contributed by atoms with Crippen LogP contribution < -0.4 is 0 Å². The first kappa shape index (κ1) is 18.7. The minimum atomic E-state index is -0.862. The first-order valence-electron chi connectivity index (χ1n) is 8.07. The Morgan fingerprint density at radius 1 is 1.29 bits per heavy atom. The Hall–Kier alpha value is -1.66. The minimum Gasteiger partial charge on any atom is -0.481 e. The van der Waals surface area contributed by atoms with Crippen molar-refractivity contribution in [1.29, 1.82) is 0 Å². The van der Waals surface area contributed by atoms with Gasteiger partial charge in [0, 0.05) is 13.0 Å². The van der Waals surface area contributed by atoms with Gasteiger partial charge in [-0.2, -0.15) is 0 Å². The molecule has 1 fully saturated rings. The molecule has 4 nitrogen and oxygen atoms in total. The standard InChI is InChI=1S/C18H21NO3S2/c1-2-3-5-13-7-9-14(10-8-13)12-15-17(22)19(18(23)24-15)11-4-6-16(20)21/h7-10,12H,2-6,11H2,1H3,(H,20,21). The summed E-state index contributed by atoms with van der Waals surface area (Å²) in [5.74, 6) is -0.996. The highest BCUT2D eigenvalue weighted by Crippen LogP contribution is 2.32. The lowest BCUT2D eigenvalue weighted by Crippen LogP contribution is -2.29. The van der Waals surface area contributed by atoms with E-state index in [0.717, 1.165) is 12.0 Å². The average molecular weight is 364 g/mol. The molecule has 1 N–H and O–H groups in total. The zero-order chi connectivity index (χ0) is 17.5. The first-order chi connectivity index (χ1) is 11.5. The van der Waals surface area contributed by atoms with E-state index in [0.29, 0.717) is 22.2 Å². The van der Waals surface area contributed by atoms with Gasteiger partial charge in [-0.05, 0) is 36.5 Å². The van der Waals surface area contributed by atoms with Crippen LogP contribution in [0.4, 0.5) is 0 Å². The van der Waals surface area contributed by atoms with Gasteiger partial charge in [0.1, 0.15) is 4.32 Å². The Bertz CT molecular complexity index is 653. The third-order valence-electron chi connectivity index (χ3n) is 3.74. The van der Waals surface area contributed by atoms with Crippen molar-refractivity contribution in [1.82, 2.24) is 4.90 Å². The number of rotatable bonds is 8. The third-order valence-corrected chi connectivity index (χ3v) is 5.12. The molecule has 0 saturated carbocycles. The predicted octanol–water partition coefficient (Wildman–Crippen LogP) is 4.10. The van der Waals surface area contributed by atoms with Gasteiger partial charge in [-0.1, -0.05) is 61.6 Å². The predicted molar refractivity (Wildman–Crippen MR) is 102 cm³/mol. The van der Waals surface area contributed by atoms with Crippen molar-refractivity contribution in [3.05, 3.63) is 40.3 Å². The molecule has 0 bridgehead atoms. The monoisotopic (exact) mass is 363 g/mol. The lowest BCUT2D eigenvalue weighted by molar-refractivity contribution is -0.137. The molecule has 1 heterocycles. The second-order valence-electron chi connectivity index (χ2n) is 5.68. The number of aryl methyl sites for hydroxylation is 1. The van der Waals surface area contributed by atoms with E-state index in [1.165, 1.54) is 35.1 Å². The lowest BCUT2D eigenvalue weighted by atomic mass is 10.1. The van der Waals surface area contributed by atoms with Crippen molar-refractivity contribution in [3.63, 3.8) is 0 Å². The molecule has 1 aromatic rings. The van der Waals surface area contributed by atoms with E-state index >= 15 is 0 Å². The molecule has 0 atom stereocenters. The molecular weight excluding hydrogens is 342 g/mol. The molecule has 24 heavy (non-hydrogen) atoms. The molecule has 0 spiro atoms.